The van der Waals surface area contributed by atoms with Crippen LogP contribution in [0.1, 0.15) is 0 Å². The van der Waals surface area contributed by atoms with Gasteiger partial charge >= 0.3 is 8.25 Å². The van der Waals surface area contributed by atoms with E-state index in [1.807, 2.05) is 0 Å². The van der Waals surface area contributed by atoms with Crippen molar-refractivity contribution < 1.29 is 19.8 Å². The standard InChI is InChI=1S/H3O3P.H2O.H3P/c1-4(2)3;;/h4H,(H2,1,2,3);1H2;1H3. The van der Waals surface area contributed by atoms with Crippen molar-refractivity contribution in [2.24, 2.45) is 0 Å². The van der Waals surface area contributed by atoms with Crippen LogP contribution in [0.25, 0.3) is 0 Å². The maximum Gasteiger partial charge on any atom is 0.314 e. The molecule has 0 bridgehead atoms. The van der Waals surface area contributed by atoms with Crippen molar-refractivity contribution in [1.29, 1.82) is 0 Å². The normalized spacial score (nSPS) is 5.83. The number of hydrogen-bond donors (Lipinski definition) is 2. The summed E-state index contributed by atoms with van der Waals surface area (Å²) in [4.78, 5) is 14.3. The third kappa shape index (κ3) is 195. The average molecular weight is 134 g/mol. The lowest BCUT2D eigenvalue weighted by molar-refractivity contribution is 0.405. The molecule has 0 amide bonds. The summed E-state index contributed by atoms with van der Waals surface area (Å²) in [5, 5.41) is 0. The van der Waals surface area contributed by atoms with Crippen molar-refractivity contribution in [3.05, 3.63) is 0 Å². The van der Waals surface area contributed by atoms with E-state index in [9.17, 15) is 0 Å². The third-order valence-corrected chi connectivity index (χ3v) is 0. The Labute approximate surface area is 39.1 Å². The molecule has 0 aliphatic heterocycles. The smallest absolute Gasteiger partial charge is 0.314 e. The van der Waals surface area contributed by atoms with Crippen LogP contribution >= 0.6 is 18.2 Å². The maximum atomic E-state index is 8.74. The molecule has 6 heteroatoms. The van der Waals surface area contributed by atoms with Gasteiger partial charge in [-0.1, -0.05) is 0 Å². The van der Waals surface area contributed by atoms with E-state index in [1.54, 1.807) is 0 Å². The van der Waals surface area contributed by atoms with Gasteiger partial charge in [0.1, 0.15) is 0 Å². The molecule has 0 fully saturated rings. The van der Waals surface area contributed by atoms with Gasteiger partial charge in [-0.15, -0.1) is 0 Å². The Hall–Kier alpha value is 0.540. The monoisotopic (exact) mass is 134 g/mol. The summed E-state index contributed by atoms with van der Waals surface area (Å²) >= 11 is 0. The van der Waals surface area contributed by atoms with Crippen molar-refractivity contribution in [2.75, 3.05) is 0 Å². The van der Waals surface area contributed by atoms with Gasteiger partial charge < -0.3 is 15.3 Å². The zero-order chi connectivity index (χ0) is 3.58. The fraction of sp³-hybridized carbons (Fsp3) is 0. The second-order valence-electron chi connectivity index (χ2n) is 0.283. The van der Waals surface area contributed by atoms with Crippen LogP contribution in [0.5, 0.6) is 0 Å². The first-order valence-corrected chi connectivity index (χ1v) is 1.95. The summed E-state index contributed by atoms with van der Waals surface area (Å²) in [5.74, 6) is 0. The number of rotatable bonds is 0. The van der Waals surface area contributed by atoms with Crippen molar-refractivity contribution in [2.45, 2.75) is 0 Å². The molecule has 0 aliphatic carbocycles. The largest absolute Gasteiger partial charge is 0.412 e. The molecule has 6 heavy (non-hydrogen) atoms. The molecule has 1 atom stereocenters. The minimum atomic E-state index is -3.13. The van der Waals surface area contributed by atoms with Crippen molar-refractivity contribution in [3.63, 3.8) is 0 Å². The summed E-state index contributed by atoms with van der Waals surface area (Å²) < 4.78 is 8.74. The van der Waals surface area contributed by atoms with E-state index in [-0.39, 0.29) is 15.4 Å². The molecule has 42 valence electrons. The van der Waals surface area contributed by atoms with Crippen LogP contribution in [0.4, 0.5) is 0 Å². The average Bonchev–Trinajstić information content (AvgIpc) is 0.811. The quantitative estimate of drug-likeness (QED) is 0.399. The first kappa shape index (κ1) is 16.0. The second-order valence-corrected chi connectivity index (χ2v) is 0.848. The predicted octanol–water partition coefficient (Wildman–Crippen LogP) is -1.41. The minimum Gasteiger partial charge on any atom is -0.412 e. The van der Waals surface area contributed by atoms with Crippen LogP contribution in [0.2, 0.25) is 0 Å². The molecule has 0 spiro atoms. The first-order valence-electron chi connectivity index (χ1n) is 0.651. The third-order valence-electron chi connectivity index (χ3n) is 0. The molecular weight excluding hydrogens is 126 g/mol. The van der Waals surface area contributed by atoms with Crippen molar-refractivity contribution >= 4 is 18.2 Å². The molecule has 0 radical (unpaired) electrons. The van der Waals surface area contributed by atoms with Crippen LogP contribution < -0.4 is 0 Å². The summed E-state index contributed by atoms with van der Waals surface area (Å²) in [6, 6.07) is 0. The molecule has 0 saturated heterocycles. The molecule has 0 saturated carbocycles. The highest BCUT2D eigenvalue weighted by atomic mass is 31.1. The molecular formula is H8O4P2. The van der Waals surface area contributed by atoms with Crippen LogP contribution in [0.3, 0.4) is 0 Å². The van der Waals surface area contributed by atoms with E-state index in [4.69, 9.17) is 14.4 Å². The Morgan fingerprint density at radius 3 is 1.33 bits per heavy atom. The van der Waals surface area contributed by atoms with Gasteiger partial charge in [0, 0.05) is 0 Å². The fourth-order valence-corrected chi connectivity index (χ4v) is 0. The van der Waals surface area contributed by atoms with Gasteiger partial charge in [-0.3, -0.25) is 4.57 Å². The fourth-order valence-electron chi connectivity index (χ4n) is 0. The van der Waals surface area contributed by atoms with Gasteiger partial charge in [0.25, 0.3) is 0 Å². The van der Waals surface area contributed by atoms with Crippen molar-refractivity contribution in [1.82, 2.24) is 0 Å². The van der Waals surface area contributed by atoms with Gasteiger partial charge in [-0.05, 0) is 0 Å². The second kappa shape index (κ2) is 9.11. The van der Waals surface area contributed by atoms with E-state index in [0.29, 0.717) is 0 Å². The lowest BCUT2D eigenvalue weighted by atomic mass is 15.8. The highest BCUT2D eigenvalue weighted by Crippen LogP contribution is 1.98. The molecule has 0 aromatic carbocycles. The van der Waals surface area contributed by atoms with Crippen LogP contribution in [0.15, 0.2) is 0 Å². The number of hydrogen-bond acceptors (Lipinski definition) is 1. The van der Waals surface area contributed by atoms with Crippen LogP contribution in [-0.2, 0) is 4.57 Å². The maximum absolute atomic E-state index is 8.74. The van der Waals surface area contributed by atoms with Gasteiger partial charge in [-0.2, -0.15) is 9.90 Å². The van der Waals surface area contributed by atoms with Gasteiger partial charge in [0.15, 0.2) is 0 Å². The molecule has 0 aliphatic rings. The molecule has 4 N–H and O–H groups in total. The molecule has 1 unspecified atom stereocenters. The van der Waals surface area contributed by atoms with E-state index in [2.05, 4.69) is 0 Å². The molecule has 0 rings (SSSR count). The topological polar surface area (TPSA) is 89.0 Å². The van der Waals surface area contributed by atoms with E-state index in [1.165, 1.54) is 0 Å². The Morgan fingerprint density at radius 2 is 1.33 bits per heavy atom. The van der Waals surface area contributed by atoms with Crippen LogP contribution in [-0.4, -0.2) is 15.3 Å². The minimum absolute atomic E-state index is 0. The Bertz CT molecular complexity index is 28.5. The van der Waals surface area contributed by atoms with Crippen LogP contribution in [0, 0.1) is 0 Å². The highest BCUT2D eigenvalue weighted by Gasteiger charge is 1.61. The van der Waals surface area contributed by atoms with Gasteiger partial charge in [-0.25, -0.2) is 0 Å². The lowest BCUT2D eigenvalue weighted by Gasteiger charge is -1.61. The SMILES string of the molecule is O.O=[PH](O)O.P. The first-order chi connectivity index (χ1) is 1.73. The Morgan fingerprint density at radius 1 is 1.33 bits per heavy atom. The summed E-state index contributed by atoms with van der Waals surface area (Å²) in [7, 11) is -3.13. The molecule has 0 aromatic heterocycles. The van der Waals surface area contributed by atoms with Gasteiger partial charge in [0.2, 0.25) is 0 Å². The lowest BCUT2D eigenvalue weighted by Crippen LogP contribution is -1.38. The predicted molar refractivity (Wildman–Crippen MR) is 28.2 cm³/mol. The zero-order valence-corrected chi connectivity index (χ0v) is 5.42. The van der Waals surface area contributed by atoms with E-state index < -0.39 is 8.25 Å². The summed E-state index contributed by atoms with van der Waals surface area (Å²) in [6.07, 6.45) is 0. The molecule has 4 nitrogen and oxygen atoms in total. The van der Waals surface area contributed by atoms with E-state index in [0.717, 1.165) is 0 Å². The summed E-state index contributed by atoms with van der Waals surface area (Å²) in [5.41, 5.74) is 0. The van der Waals surface area contributed by atoms with Gasteiger partial charge in [0.05, 0.1) is 0 Å². The molecule has 0 heterocycles. The van der Waals surface area contributed by atoms with E-state index >= 15 is 0 Å². The Balaban J connectivity index is -0.0000000450. The van der Waals surface area contributed by atoms with Crippen molar-refractivity contribution in [3.8, 4) is 0 Å². The zero-order valence-electron chi connectivity index (χ0n) is 3.01. The summed E-state index contributed by atoms with van der Waals surface area (Å²) in [6.45, 7) is 0. The Kier molecular flexibility index (Phi) is 24.3. The highest BCUT2D eigenvalue weighted by molar-refractivity contribution is 7.30. The molecule has 0 aromatic rings.